The predicted molar refractivity (Wildman–Crippen MR) is 51.3 cm³/mol. The van der Waals surface area contributed by atoms with Gasteiger partial charge in [-0.2, -0.15) is 0 Å². The van der Waals surface area contributed by atoms with Crippen LogP contribution in [0.5, 0.6) is 5.75 Å². The van der Waals surface area contributed by atoms with Gasteiger partial charge in [0.05, 0.1) is 12.0 Å². The average Bonchev–Trinajstić information content (AvgIpc) is 2.15. The lowest BCUT2D eigenvalue weighted by Gasteiger charge is -2.06. The van der Waals surface area contributed by atoms with Crippen LogP contribution in [0.25, 0.3) is 0 Å². The Hall–Kier alpha value is -2.11. The summed E-state index contributed by atoms with van der Waals surface area (Å²) in [5, 5.41) is 19.5. The summed E-state index contributed by atoms with van der Waals surface area (Å²) in [7, 11) is 1.20. The van der Waals surface area contributed by atoms with Gasteiger partial charge in [-0.25, -0.2) is 4.79 Å². The largest absolute Gasteiger partial charge is 0.490 e. The molecule has 6 heteroatoms. The van der Waals surface area contributed by atoms with Crippen LogP contribution in [0.4, 0.5) is 5.69 Å². The molecular formula is C9H9NO5. The number of aryl methyl sites for hydroxylation is 1. The lowest BCUT2D eigenvalue weighted by atomic mass is 10.1. The molecule has 0 saturated carbocycles. The fourth-order valence-corrected chi connectivity index (χ4v) is 1.27. The van der Waals surface area contributed by atoms with Crippen molar-refractivity contribution >= 4 is 11.7 Å². The van der Waals surface area contributed by atoms with Crippen molar-refractivity contribution in [3.05, 3.63) is 33.4 Å². The van der Waals surface area contributed by atoms with Crippen LogP contribution in [-0.2, 0) is 0 Å². The second kappa shape index (κ2) is 3.95. The molecular weight excluding hydrogens is 202 g/mol. The van der Waals surface area contributed by atoms with Crippen LogP contribution in [0, 0.1) is 17.0 Å². The lowest BCUT2D eigenvalue weighted by Crippen LogP contribution is -2.04. The number of carboxylic acids is 1. The minimum Gasteiger partial charge on any atom is -0.490 e. The van der Waals surface area contributed by atoms with Crippen molar-refractivity contribution in [2.75, 3.05) is 7.11 Å². The van der Waals surface area contributed by atoms with Crippen molar-refractivity contribution in [1.29, 1.82) is 0 Å². The maximum Gasteiger partial charge on any atom is 0.339 e. The molecule has 0 unspecified atom stereocenters. The van der Waals surface area contributed by atoms with E-state index in [4.69, 9.17) is 9.84 Å². The topological polar surface area (TPSA) is 89.7 Å². The lowest BCUT2D eigenvalue weighted by molar-refractivity contribution is -0.386. The number of methoxy groups -OCH3 is 1. The van der Waals surface area contributed by atoms with Crippen LogP contribution in [0.1, 0.15) is 15.9 Å². The van der Waals surface area contributed by atoms with E-state index in [1.54, 1.807) is 0 Å². The van der Waals surface area contributed by atoms with Gasteiger partial charge >= 0.3 is 11.7 Å². The van der Waals surface area contributed by atoms with Crippen molar-refractivity contribution in [3.63, 3.8) is 0 Å². The number of ether oxygens (including phenoxy) is 1. The molecule has 6 nitrogen and oxygen atoms in total. The van der Waals surface area contributed by atoms with E-state index in [9.17, 15) is 14.9 Å². The monoisotopic (exact) mass is 211 g/mol. The minimum absolute atomic E-state index is 0.213. The molecule has 0 fully saturated rings. The molecule has 1 aromatic rings. The quantitative estimate of drug-likeness (QED) is 0.605. The standard InChI is InChI=1S/C9H9NO5/c1-5-3-4-6(9(11)12)8(15-2)7(5)10(13)14/h3-4H,1-2H3,(H,11,12). The molecule has 0 saturated heterocycles. The molecule has 80 valence electrons. The number of rotatable bonds is 3. The van der Waals surface area contributed by atoms with Gasteiger partial charge in [0, 0.05) is 5.56 Å². The van der Waals surface area contributed by atoms with Crippen LogP contribution < -0.4 is 4.74 Å². The maximum absolute atomic E-state index is 10.8. The number of carbonyl (C=O) groups is 1. The highest BCUT2D eigenvalue weighted by molar-refractivity contribution is 5.93. The smallest absolute Gasteiger partial charge is 0.339 e. The Kier molecular flexibility index (Phi) is 2.89. The summed E-state index contributed by atoms with van der Waals surface area (Å²) in [6.45, 7) is 1.52. The molecule has 0 atom stereocenters. The Labute approximate surface area is 85.2 Å². The summed E-state index contributed by atoms with van der Waals surface area (Å²) in [4.78, 5) is 20.8. The van der Waals surface area contributed by atoms with Crippen molar-refractivity contribution in [1.82, 2.24) is 0 Å². The van der Waals surface area contributed by atoms with E-state index in [0.717, 1.165) is 0 Å². The van der Waals surface area contributed by atoms with Crippen LogP contribution in [0.15, 0.2) is 12.1 Å². The highest BCUT2D eigenvalue weighted by atomic mass is 16.6. The fraction of sp³-hybridized carbons (Fsp3) is 0.222. The molecule has 15 heavy (non-hydrogen) atoms. The zero-order chi connectivity index (χ0) is 11.6. The van der Waals surface area contributed by atoms with E-state index in [1.807, 2.05) is 0 Å². The van der Waals surface area contributed by atoms with Gasteiger partial charge < -0.3 is 9.84 Å². The van der Waals surface area contributed by atoms with Crippen LogP contribution >= 0.6 is 0 Å². The molecule has 0 radical (unpaired) electrons. The summed E-state index contributed by atoms with van der Waals surface area (Å²) in [5.74, 6) is -1.47. The van der Waals surface area contributed by atoms with Gasteiger partial charge in [0.15, 0.2) is 0 Å². The Balaban J connectivity index is 3.54. The van der Waals surface area contributed by atoms with Crippen LogP contribution in [0.2, 0.25) is 0 Å². The first-order chi connectivity index (χ1) is 6.99. The Morgan fingerprint density at radius 2 is 2.13 bits per heavy atom. The van der Waals surface area contributed by atoms with Gasteiger partial charge in [-0.1, -0.05) is 6.07 Å². The highest BCUT2D eigenvalue weighted by Gasteiger charge is 2.24. The third kappa shape index (κ3) is 1.88. The SMILES string of the molecule is COc1c(C(=O)O)ccc(C)c1[N+](=O)[O-]. The van der Waals surface area contributed by atoms with Gasteiger partial charge in [0.1, 0.15) is 5.56 Å². The summed E-state index contributed by atoms with van der Waals surface area (Å²) >= 11 is 0. The highest BCUT2D eigenvalue weighted by Crippen LogP contribution is 2.33. The first-order valence-corrected chi connectivity index (χ1v) is 4.04. The molecule has 1 N–H and O–H groups in total. The van der Waals surface area contributed by atoms with Gasteiger partial charge in [-0.15, -0.1) is 0 Å². The second-order valence-corrected chi connectivity index (χ2v) is 2.87. The summed E-state index contributed by atoms with van der Waals surface area (Å²) < 4.78 is 4.76. The zero-order valence-corrected chi connectivity index (χ0v) is 8.18. The van der Waals surface area contributed by atoms with Gasteiger partial charge in [0.2, 0.25) is 5.75 Å². The molecule has 0 amide bonds. The second-order valence-electron chi connectivity index (χ2n) is 2.87. The molecule has 0 aliphatic carbocycles. The fourth-order valence-electron chi connectivity index (χ4n) is 1.27. The number of aromatic carboxylic acids is 1. The van der Waals surface area contributed by atoms with Gasteiger partial charge in [0.25, 0.3) is 0 Å². The molecule has 0 aliphatic heterocycles. The summed E-state index contributed by atoms with van der Waals surface area (Å²) in [6, 6.07) is 2.66. The number of hydrogen-bond acceptors (Lipinski definition) is 4. The molecule has 0 bridgehead atoms. The van der Waals surface area contributed by atoms with E-state index in [0.29, 0.717) is 5.56 Å². The Morgan fingerprint density at radius 1 is 1.53 bits per heavy atom. The number of benzene rings is 1. The minimum atomic E-state index is -1.25. The number of hydrogen-bond donors (Lipinski definition) is 1. The molecule has 0 aromatic heterocycles. The van der Waals surface area contributed by atoms with E-state index in [-0.39, 0.29) is 17.0 Å². The van der Waals surface area contributed by atoms with Gasteiger partial charge in [-0.05, 0) is 13.0 Å². The first kappa shape index (κ1) is 11.0. The number of nitro benzene ring substituents is 1. The summed E-state index contributed by atoms with van der Waals surface area (Å²) in [6.07, 6.45) is 0. The first-order valence-electron chi connectivity index (χ1n) is 4.04. The van der Waals surface area contributed by atoms with Crippen LogP contribution in [-0.4, -0.2) is 23.1 Å². The van der Waals surface area contributed by atoms with E-state index >= 15 is 0 Å². The van der Waals surface area contributed by atoms with E-state index in [2.05, 4.69) is 0 Å². The van der Waals surface area contributed by atoms with Crippen molar-refractivity contribution in [2.24, 2.45) is 0 Å². The molecule has 0 aliphatic rings. The van der Waals surface area contributed by atoms with Gasteiger partial charge in [-0.3, -0.25) is 10.1 Å². The normalized spacial score (nSPS) is 9.73. The number of nitrogens with zero attached hydrogens (tertiary/aromatic N) is 1. The molecule has 0 heterocycles. The van der Waals surface area contributed by atoms with E-state index in [1.165, 1.54) is 26.2 Å². The van der Waals surface area contributed by atoms with Crippen molar-refractivity contribution in [3.8, 4) is 5.75 Å². The molecule has 1 rings (SSSR count). The Morgan fingerprint density at radius 3 is 2.53 bits per heavy atom. The molecule has 1 aromatic carbocycles. The third-order valence-electron chi connectivity index (χ3n) is 1.95. The van der Waals surface area contributed by atoms with Crippen molar-refractivity contribution in [2.45, 2.75) is 6.92 Å². The molecule has 0 spiro atoms. The number of nitro groups is 1. The predicted octanol–water partition coefficient (Wildman–Crippen LogP) is 1.61. The van der Waals surface area contributed by atoms with E-state index < -0.39 is 10.9 Å². The summed E-state index contributed by atoms with van der Waals surface area (Å²) in [5.41, 5.74) is -0.158. The maximum atomic E-state index is 10.8. The zero-order valence-electron chi connectivity index (χ0n) is 8.18. The third-order valence-corrected chi connectivity index (χ3v) is 1.95. The number of carboxylic acid groups (broad SMARTS) is 1. The Bertz CT molecular complexity index is 427. The average molecular weight is 211 g/mol. The van der Waals surface area contributed by atoms with Crippen LogP contribution in [0.3, 0.4) is 0 Å². The van der Waals surface area contributed by atoms with Crippen molar-refractivity contribution < 1.29 is 19.6 Å².